The minimum absolute atomic E-state index is 0.122. The Hall–Kier alpha value is -2.93. The molecule has 134 valence electrons. The average molecular weight is 373 g/mol. The Bertz CT molecular complexity index is 1070. The lowest BCUT2D eigenvalue weighted by atomic mass is 10.2. The number of nitrogens with one attached hydrogen (secondary N) is 2. The van der Waals surface area contributed by atoms with Gasteiger partial charge in [-0.15, -0.1) is 0 Å². The number of hydrogen-bond donors (Lipinski definition) is 2. The third-order valence-corrected chi connectivity index (χ3v) is 4.10. The Morgan fingerprint density at radius 1 is 1.23 bits per heavy atom. The van der Waals surface area contributed by atoms with Crippen LogP contribution in [0.5, 0.6) is 0 Å². The number of aromatic nitrogens is 3. The summed E-state index contributed by atoms with van der Waals surface area (Å²) in [5.74, 6) is 0.0585. The molecular formula is C18H17ClN4O3. The summed E-state index contributed by atoms with van der Waals surface area (Å²) in [7, 11) is 0. The highest BCUT2D eigenvalue weighted by atomic mass is 35.5. The van der Waals surface area contributed by atoms with Crippen LogP contribution in [-0.2, 0) is 6.54 Å². The number of nitrogens with zero attached hydrogens (tertiary/aromatic N) is 2. The monoisotopic (exact) mass is 372 g/mol. The van der Waals surface area contributed by atoms with Gasteiger partial charge in [-0.05, 0) is 30.7 Å². The predicted octanol–water partition coefficient (Wildman–Crippen LogP) is 2.32. The van der Waals surface area contributed by atoms with Crippen LogP contribution in [0.1, 0.15) is 29.5 Å². The maximum Gasteiger partial charge on any atom is 0.258 e. The van der Waals surface area contributed by atoms with E-state index in [-0.39, 0.29) is 29.1 Å². The normalized spacial score (nSPS) is 10.8. The number of H-pyrrole nitrogens is 2. The summed E-state index contributed by atoms with van der Waals surface area (Å²) in [6.45, 7) is 2.52. The number of fused-ring (bicyclic) bond motifs is 1. The van der Waals surface area contributed by atoms with Crippen LogP contribution in [0.4, 0.5) is 0 Å². The van der Waals surface area contributed by atoms with Gasteiger partial charge in [0.05, 0.1) is 17.4 Å². The van der Waals surface area contributed by atoms with Crippen molar-refractivity contribution in [2.45, 2.75) is 19.9 Å². The maximum absolute atomic E-state index is 12.7. The van der Waals surface area contributed by atoms with E-state index in [0.717, 1.165) is 6.42 Å². The summed E-state index contributed by atoms with van der Waals surface area (Å²) in [4.78, 5) is 47.6. The molecule has 0 saturated carbocycles. The molecule has 1 amide bonds. The van der Waals surface area contributed by atoms with Gasteiger partial charge in [-0.25, -0.2) is 4.98 Å². The largest absolute Gasteiger partial charge is 0.331 e. The van der Waals surface area contributed by atoms with Crippen LogP contribution >= 0.6 is 11.6 Å². The number of halogens is 1. The van der Waals surface area contributed by atoms with Crippen LogP contribution in [0, 0.1) is 0 Å². The molecule has 2 heterocycles. The number of hydrogen-bond acceptors (Lipinski definition) is 4. The van der Waals surface area contributed by atoms with Crippen molar-refractivity contribution in [3.8, 4) is 0 Å². The molecule has 0 atom stereocenters. The SMILES string of the molecule is CCCN(Cc1nc2cc(Cl)ccc2c(=O)[nH]1)C(=O)c1cc[nH]c(=O)c1. The molecule has 0 bridgehead atoms. The van der Waals surface area contributed by atoms with Gasteiger partial charge < -0.3 is 14.9 Å². The van der Waals surface area contributed by atoms with Gasteiger partial charge in [0, 0.05) is 29.4 Å². The zero-order valence-electron chi connectivity index (χ0n) is 14.1. The van der Waals surface area contributed by atoms with E-state index in [4.69, 9.17) is 11.6 Å². The van der Waals surface area contributed by atoms with Gasteiger partial charge in [0.1, 0.15) is 5.82 Å². The minimum atomic E-state index is -0.348. The topological polar surface area (TPSA) is 98.9 Å². The molecule has 0 radical (unpaired) electrons. The van der Waals surface area contributed by atoms with Crippen molar-refractivity contribution in [3.63, 3.8) is 0 Å². The van der Waals surface area contributed by atoms with Gasteiger partial charge >= 0.3 is 0 Å². The van der Waals surface area contributed by atoms with E-state index in [2.05, 4.69) is 15.0 Å². The highest BCUT2D eigenvalue weighted by molar-refractivity contribution is 6.31. The lowest BCUT2D eigenvalue weighted by molar-refractivity contribution is 0.0738. The van der Waals surface area contributed by atoms with Gasteiger partial charge in [-0.3, -0.25) is 14.4 Å². The first-order chi connectivity index (χ1) is 12.5. The number of benzene rings is 1. The highest BCUT2D eigenvalue weighted by Crippen LogP contribution is 2.15. The van der Waals surface area contributed by atoms with Crippen molar-refractivity contribution in [2.24, 2.45) is 0 Å². The predicted molar refractivity (Wildman–Crippen MR) is 99.5 cm³/mol. The minimum Gasteiger partial charge on any atom is -0.331 e. The lowest BCUT2D eigenvalue weighted by Gasteiger charge is -2.21. The van der Waals surface area contributed by atoms with Gasteiger partial charge in [0.25, 0.3) is 11.5 Å². The molecule has 0 aliphatic carbocycles. The van der Waals surface area contributed by atoms with Crippen molar-refractivity contribution in [1.82, 2.24) is 19.9 Å². The Balaban J connectivity index is 1.95. The molecule has 7 nitrogen and oxygen atoms in total. The Morgan fingerprint density at radius 2 is 2.04 bits per heavy atom. The molecular weight excluding hydrogens is 356 g/mol. The number of amides is 1. The van der Waals surface area contributed by atoms with Crippen molar-refractivity contribution in [3.05, 3.63) is 73.6 Å². The molecule has 0 aliphatic heterocycles. The summed E-state index contributed by atoms with van der Waals surface area (Å²) < 4.78 is 0. The van der Waals surface area contributed by atoms with E-state index in [1.54, 1.807) is 29.2 Å². The molecule has 3 rings (SSSR count). The summed E-state index contributed by atoms with van der Waals surface area (Å²) in [6, 6.07) is 7.64. The van der Waals surface area contributed by atoms with E-state index in [0.29, 0.717) is 28.3 Å². The average Bonchev–Trinajstić information content (AvgIpc) is 2.60. The standard InChI is InChI=1S/C18H17ClN4O3/c1-2-7-23(18(26)11-5-6-20-16(24)8-11)10-15-21-14-9-12(19)3-4-13(14)17(25)22-15/h3-6,8-9H,2,7,10H2,1H3,(H,20,24)(H,21,22,25). The number of rotatable bonds is 5. The fourth-order valence-corrected chi connectivity index (χ4v) is 2.87. The van der Waals surface area contributed by atoms with Crippen LogP contribution in [0.2, 0.25) is 5.02 Å². The molecule has 0 spiro atoms. The van der Waals surface area contributed by atoms with Crippen LogP contribution in [0.15, 0.2) is 46.1 Å². The zero-order valence-corrected chi connectivity index (χ0v) is 14.8. The first-order valence-corrected chi connectivity index (χ1v) is 8.52. The van der Waals surface area contributed by atoms with Crippen molar-refractivity contribution in [2.75, 3.05) is 6.54 Å². The smallest absolute Gasteiger partial charge is 0.258 e. The molecule has 1 aromatic carbocycles. The first kappa shape index (κ1) is 17.9. The van der Waals surface area contributed by atoms with E-state index >= 15 is 0 Å². The summed E-state index contributed by atoms with van der Waals surface area (Å²) in [6.07, 6.45) is 2.15. The molecule has 2 aromatic heterocycles. The molecule has 0 aliphatic rings. The number of pyridine rings is 1. The molecule has 8 heteroatoms. The third-order valence-electron chi connectivity index (χ3n) is 3.86. The second kappa shape index (κ2) is 7.53. The van der Waals surface area contributed by atoms with Gasteiger partial charge in [0.15, 0.2) is 0 Å². The van der Waals surface area contributed by atoms with E-state index in [1.165, 1.54) is 12.3 Å². The first-order valence-electron chi connectivity index (χ1n) is 8.14. The third kappa shape index (κ3) is 3.83. The summed E-state index contributed by atoms with van der Waals surface area (Å²) >= 11 is 5.97. The number of carbonyl (C=O) groups is 1. The lowest BCUT2D eigenvalue weighted by Crippen LogP contribution is -2.33. The molecule has 3 aromatic rings. The van der Waals surface area contributed by atoms with Crippen LogP contribution < -0.4 is 11.1 Å². The molecule has 2 N–H and O–H groups in total. The Kier molecular flexibility index (Phi) is 5.18. The zero-order chi connectivity index (χ0) is 18.7. The van der Waals surface area contributed by atoms with Crippen molar-refractivity contribution in [1.29, 1.82) is 0 Å². The number of carbonyl (C=O) groups excluding carboxylic acids is 1. The summed E-state index contributed by atoms with van der Waals surface area (Å²) in [5.41, 5.74) is 0.116. The van der Waals surface area contributed by atoms with Gasteiger partial charge in [0.2, 0.25) is 5.56 Å². The van der Waals surface area contributed by atoms with Crippen LogP contribution in [-0.4, -0.2) is 32.3 Å². The molecule has 0 saturated heterocycles. The molecule has 0 unspecified atom stereocenters. The fourth-order valence-electron chi connectivity index (χ4n) is 2.70. The van der Waals surface area contributed by atoms with Crippen molar-refractivity contribution >= 4 is 28.4 Å². The maximum atomic E-state index is 12.7. The second-order valence-corrected chi connectivity index (χ2v) is 6.28. The highest BCUT2D eigenvalue weighted by Gasteiger charge is 2.17. The van der Waals surface area contributed by atoms with E-state index < -0.39 is 0 Å². The Labute approximate surface area is 153 Å². The quantitative estimate of drug-likeness (QED) is 0.717. The van der Waals surface area contributed by atoms with Crippen LogP contribution in [0.3, 0.4) is 0 Å². The van der Waals surface area contributed by atoms with Gasteiger partial charge in [-0.1, -0.05) is 18.5 Å². The second-order valence-electron chi connectivity index (χ2n) is 5.84. The fraction of sp³-hybridized carbons (Fsp3) is 0.222. The van der Waals surface area contributed by atoms with Gasteiger partial charge in [-0.2, -0.15) is 0 Å². The van der Waals surface area contributed by atoms with E-state index in [9.17, 15) is 14.4 Å². The van der Waals surface area contributed by atoms with E-state index in [1.807, 2.05) is 6.92 Å². The Morgan fingerprint density at radius 3 is 2.77 bits per heavy atom. The van der Waals surface area contributed by atoms with Crippen molar-refractivity contribution < 1.29 is 4.79 Å². The van der Waals surface area contributed by atoms with Crippen LogP contribution in [0.25, 0.3) is 10.9 Å². The molecule has 0 fully saturated rings. The summed E-state index contributed by atoms with van der Waals surface area (Å²) in [5, 5.41) is 0.910. The molecule has 26 heavy (non-hydrogen) atoms. The number of aromatic amines is 2.